The molecule has 0 spiro atoms. The molecule has 132 valence electrons. The number of amides is 2. The Hall–Kier alpha value is -2.77. The fourth-order valence-corrected chi connectivity index (χ4v) is 3.11. The summed E-state index contributed by atoms with van der Waals surface area (Å²) in [5.41, 5.74) is 1.68. The Labute approximate surface area is 157 Å². The summed E-state index contributed by atoms with van der Waals surface area (Å²) in [6.07, 6.45) is 0. The molecule has 0 saturated heterocycles. The fraction of sp³-hybridized carbons (Fsp3) is 0.0556. The number of nitrogens with one attached hydrogen (secondary N) is 2. The normalized spacial score (nSPS) is 10.4. The van der Waals surface area contributed by atoms with Crippen molar-refractivity contribution in [3.63, 3.8) is 0 Å². The monoisotopic (exact) mass is 389 g/mol. The molecule has 0 fully saturated rings. The number of aromatic nitrogens is 1. The van der Waals surface area contributed by atoms with Gasteiger partial charge in [-0.25, -0.2) is 9.37 Å². The van der Waals surface area contributed by atoms with Crippen molar-refractivity contribution in [1.82, 2.24) is 10.3 Å². The van der Waals surface area contributed by atoms with Crippen molar-refractivity contribution in [2.75, 3.05) is 11.9 Å². The summed E-state index contributed by atoms with van der Waals surface area (Å²) in [5, 5.41) is 7.58. The minimum atomic E-state index is -0.433. The van der Waals surface area contributed by atoms with E-state index in [-0.39, 0.29) is 12.4 Å². The number of nitrogens with zero attached hydrogens (tertiary/aromatic N) is 1. The van der Waals surface area contributed by atoms with Gasteiger partial charge in [0.15, 0.2) is 5.13 Å². The van der Waals surface area contributed by atoms with Crippen molar-refractivity contribution in [2.24, 2.45) is 0 Å². The predicted molar refractivity (Wildman–Crippen MR) is 99.9 cm³/mol. The Bertz CT molecular complexity index is 944. The van der Waals surface area contributed by atoms with Crippen LogP contribution in [0.1, 0.15) is 10.4 Å². The minimum Gasteiger partial charge on any atom is -0.343 e. The van der Waals surface area contributed by atoms with E-state index in [1.165, 1.54) is 23.5 Å². The van der Waals surface area contributed by atoms with E-state index in [4.69, 9.17) is 11.6 Å². The average molecular weight is 390 g/mol. The van der Waals surface area contributed by atoms with Gasteiger partial charge in [0.25, 0.3) is 5.91 Å². The first kappa shape index (κ1) is 18.0. The molecule has 2 amide bonds. The van der Waals surface area contributed by atoms with Crippen molar-refractivity contribution in [1.29, 1.82) is 0 Å². The summed E-state index contributed by atoms with van der Waals surface area (Å²) >= 11 is 7.18. The van der Waals surface area contributed by atoms with Crippen LogP contribution in [-0.2, 0) is 4.79 Å². The average Bonchev–Trinajstić information content (AvgIpc) is 3.09. The Morgan fingerprint density at radius 3 is 2.58 bits per heavy atom. The number of hydrogen-bond acceptors (Lipinski definition) is 4. The smallest absolute Gasteiger partial charge is 0.253 e. The van der Waals surface area contributed by atoms with E-state index in [9.17, 15) is 14.0 Å². The summed E-state index contributed by atoms with van der Waals surface area (Å²) in [4.78, 5) is 28.3. The van der Waals surface area contributed by atoms with E-state index in [2.05, 4.69) is 15.6 Å². The van der Waals surface area contributed by atoms with Gasteiger partial charge >= 0.3 is 0 Å². The number of hydrogen-bond donors (Lipinski definition) is 2. The Balaban J connectivity index is 1.56. The second-order valence-corrected chi connectivity index (χ2v) is 6.52. The van der Waals surface area contributed by atoms with Crippen LogP contribution in [0.4, 0.5) is 9.52 Å². The van der Waals surface area contributed by atoms with Gasteiger partial charge < -0.3 is 10.6 Å². The second kappa shape index (κ2) is 8.07. The van der Waals surface area contributed by atoms with Gasteiger partial charge in [0.05, 0.1) is 22.8 Å². The lowest BCUT2D eigenvalue weighted by Crippen LogP contribution is -2.32. The van der Waals surface area contributed by atoms with E-state index in [1.54, 1.807) is 41.8 Å². The lowest BCUT2D eigenvalue weighted by molar-refractivity contribution is -0.115. The Morgan fingerprint density at radius 2 is 1.85 bits per heavy atom. The number of rotatable bonds is 5. The molecule has 3 rings (SSSR count). The summed E-state index contributed by atoms with van der Waals surface area (Å²) < 4.78 is 13.0. The zero-order valence-corrected chi connectivity index (χ0v) is 14.9. The highest BCUT2D eigenvalue weighted by molar-refractivity contribution is 7.14. The number of carbonyl (C=O) groups is 2. The molecule has 2 N–H and O–H groups in total. The van der Waals surface area contributed by atoms with E-state index >= 15 is 0 Å². The molecule has 1 heterocycles. The largest absolute Gasteiger partial charge is 0.343 e. The lowest BCUT2D eigenvalue weighted by Gasteiger charge is -2.06. The third-order valence-electron chi connectivity index (χ3n) is 3.42. The van der Waals surface area contributed by atoms with Crippen LogP contribution in [-0.4, -0.2) is 23.3 Å². The molecule has 0 aliphatic rings. The van der Waals surface area contributed by atoms with Gasteiger partial charge in [-0.15, -0.1) is 11.3 Å². The number of anilines is 1. The molecule has 5 nitrogen and oxygen atoms in total. The van der Waals surface area contributed by atoms with Crippen LogP contribution in [0.5, 0.6) is 0 Å². The van der Waals surface area contributed by atoms with Crippen LogP contribution in [0, 0.1) is 5.82 Å². The first-order valence-electron chi connectivity index (χ1n) is 7.57. The zero-order chi connectivity index (χ0) is 18.5. The molecule has 8 heteroatoms. The molecule has 2 aromatic carbocycles. The number of benzene rings is 2. The van der Waals surface area contributed by atoms with Gasteiger partial charge in [0, 0.05) is 10.9 Å². The standard InChI is InChI=1S/C18H13ClFN3O2S/c19-14-4-2-1-3-13(14)17(25)21-9-16(24)23-18-22-15(10-26-18)11-5-7-12(20)8-6-11/h1-8,10H,9H2,(H,21,25)(H,22,23,24). The number of halogens is 2. The van der Waals surface area contributed by atoms with Crippen LogP contribution in [0.3, 0.4) is 0 Å². The van der Waals surface area contributed by atoms with Gasteiger partial charge in [-0.05, 0) is 36.4 Å². The summed E-state index contributed by atoms with van der Waals surface area (Å²) in [6.45, 7) is -0.213. The predicted octanol–water partition coefficient (Wildman–Crippen LogP) is 3.97. The highest BCUT2D eigenvalue weighted by Crippen LogP contribution is 2.24. The SMILES string of the molecule is O=C(CNC(=O)c1ccccc1Cl)Nc1nc(-c2ccc(F)cc2)cs1. The molecule has 0 unspecified atom stereocenters. The van der Waals surface area contributed by atoms with Crippen molar-refractivity contribution >= 4 is 39.9 Å². The number of carbonyl (C=O) groups excluding carboxylic acids is 2. The molecular formula is C18H13ClFN3O2S. The maximum absolute atomic E-state index is 13.0. The molecule has 0 aliphatic carbocycles. The van der Waals surface area contributed by atoms with E-state index in [0.29, 0.717) is 21.4 Å². The summed E-state index contributed by atoms with van der Waals surface area (Å²) in [6, 6.07) is 12.5. The van der Waals surface area contributed by atoms with Crippen molar-refractivity contribution in [2.45, 2.75) is 0 Å². The first-order chi connectivity index (χ1) is 12.5. The first-order valence-corrected chi connectivity index (χ1v) is 8.83. The maximum Gasteiger partial charge on any atom is 0.253 e. The minimum absolute atomic E-state index is 0.213. The van der Waals surface area contributed by atoms with Gasteiger partial charge in [-0.1, -0.05) is 23.7 Å². The highest BCUT2D eigenvalue weighted by Gasteiger charge is 2.12. The third-order valence-corrected chi connectivity index (χ3v) is 4.51. The highest BCUT2D eigenvalue weighted by atomic mass is 35.5. The third kappa shape index (κ3) is 4.44. The van der Waals surface area contributed by atoms with Crippen molar-refractivity contribution < 1.29 is 14.0 Å². The molecule has 26 heavy (non-hydrogen) atoms. The molecule has 0 bridgehead atoms. The molecule has 0 aliphatic heterocycles. The van der Waals surface area contributed by atoms with Crippen LogP contribution < -0.4 is 10.6 Å². The topological polar surface area (TPSA) is 71.1 Å². The Morgan fingerprint density at radius 1 is 1.12 bits per heavy atom. The van der Waals surface area contributed by atoms with E-state index in [0.717, 1.165) is 5.56 Å². The molecule has 0 radical (unpaired) electrons. The summed E-state index contributed by atoms with van der Waals surface area (Å²) in [5.74, 6) is -1.17. The van der Waals surface area contributed by atoms with Crippen LogP contribution >= 0.6 is 22.9 Å². The molecule has 3 aromatic rings. The van der Waals surface area contributed by atoms with Crippen LogP contribution in [0.2, 0.25) is 5.02 Å². The van der Waals surface area contributed by atoms with Crippen molar-refractivity contribution in [3.05, 3.63) is 70.3 Å². The fourth-order valence-electron chi connectivity index (χ4n) is 2.15. The van der Waals surface area contributed by atoms with Gasteiger partial charge in [-0.2, -0.15) is 0 Å². The maximum atomic E-state index is 13.0. The quantitative estimate of drug-likeness (QED) is 0.693. The summed E-state index contributed by atoms with van der Waals surface area (Å²) in [7, 11) is 0. The van der Waals surface area contributed by atoms with Crippen LogP contribution in [0.25, 0.3) is 11.3 Å². The van der Waals surface area contributed by atoms with E-state index < -0.39 is 11.8 Å². The van der Waals surface area contributed by atoms with Gasteiger partial charge in [0.2, 0.25) is 5.91 Å². The zero-order valence-electron chi connectivity index (χ0n) is 13.3. The Kier molecular flexibility index (Phi) is 5.60. The van der Waals surface area contributed by atoms with Crippen molar-refractivity contribution in [3.8, 4) is 11.3 Å². The van der Waals surface area contributed by atoms with Gasteiger partial charge in [-0.3, -0.25) is 9.59 Å². The van der Waals surface area contributed by atoms with Crippen LogP contribution in [0.15, 0.2) is 53.9 Å². The molecular weight excluding hydrogens is 377 g/mol. The molecule has 1 aromatic heterocycles. The number of thiazole rings is 1. The molecule has 0 atom stereocenters. The lowest BCUT2D eigenvalue weighted by atomic mass is 10.2. The second-order valence-electron chi connectivity index (χ2n) is 5.26. The molecule has 0 saturated carbocycles. The van der Waals surface area contributed by atoms with Gasteiger partial charge in [0.1, 0.15) is 5.82 Å². The van der Waals surface area contributed by atoms with E-state index in [1.807, 2.05) is 0 Å².